The van der Waals surface area contributed by atoms with Crippen molar-refractivity contribution in [2.24, 2.45) is 5.92 Å². The number of hydrogen-bond donors (Lipinski definition) is 0. The fourth-order valence-electron chi connectivity index (χ4n) is 4.13. The normalized spacial score (nSPS) is 16.8. The van der Waals surface area contributed by atoms with Crippen molar-refractivity contribution in [2.45, 2.75) is 36.5 Å². The Morgan fingerprint density at radius 3 is 2.69 bits per heavy atom. The number of aromatic nitrogens is 1. The molecule has 0 amide bonds. The van der Waals surface area contributed by atoms with Gasteiger partial charge in [0.1, 0.15) is 4.90 Å². The highest BCUT2D eigenvalue weighted by Crippen LogP contribution is 2.38. The molecule has 0 spiro atoms. The predicted molar refractivity (Wildman–Crippen MR) is 125 cm³/mol. The number of rotatable bonds is 5. The number of carbonyl (C=O) groups excluding carboxylic acids is 1. The molecule has 0 aliphatic carbocycles. The minimum Gasteiger partial charge on any atom is -0.466 e. The largest absolute Gasteiger partial charge is 0.466 e. The van der Waals surface area contributed by atoms with Gasteiger partial charge >= 0.3 is 5.97 Å². The zero-order valence-corrected chi connectivity index (χ0v) is 19.6. The average molecular weight is 473 g/mol. The van der Waals surface area contributed by atoms with E-state index in [1.54, 1.807) is 49.4 Å². The van der Waals surface area contributed by atoms with Gasteiger partial charge in [-0.15, -0.1) is 0 Å². The van der Waals surface area contributed by atoms with Gasteiger partial charge in [0.15, 0.2) is 0 Å². The molecular formula is C24H25ClN2O4S. The summed E-state index contributed by atoms with van der Waals surface area (Å²) in [5, 5.41) is 1.14. The highest BCUT2D eigenvalue weighted by molar-refractivity contribution is 7.91. The average Bonchev–Trinajstić information content (AvgIpc) is 2.78. The van der Waals surface area contributed by atoms with Crippen LogP contribution < -0.4 is 4.90 Å². The van der Waals surface area contributed by atoms with Crippen LogP contribution in [0.3, 0.4) is 0 Å². The van der Waals surface area contributed by atoms with Crippen LogP contribution in [0.2, 0.25) is 5.02 Å². The number of sulfone groups is 1. The molecule has 32 heavy (non-hydrogen) atoms. The Balaban J connectivity index is 1.88. The Hall–Kier alpha value is -2.64. The summed E-state index contributed by atoms with van der Waals surface area (Å²) in [7, 11) is -3.85. The molecule has 0 N–H and O–H groups in total. The number of pyridine rings is 1. The van der Waals surface area contributed by atoms with Crippen LogP contribution >= 0.6 is 11.6 Å². The first kappa shape index (κ1) is 22.6. The van der Waals surface area contributed by atoms with E-state index in [-0.39, 0.29) is 21.7 Å². The number of fused-ring (bicyclic) bond motifs is 1. The summed E-state index contributed by atoms with van der Waals surface area (Å²) >= 11 is 6.28. The van der Waals surface area contributed by atoms with Gasteiger partial charge in [-0.25, -0.2) is 8.42 Å². The Bertz CT molecular complexity index is 1260. The van der Waals surface area contributed by atoms with Crippen LogP contribution in [0.5, 0.6) is 0 Å². The van der Waals surface area contributed by atoms with E-state index in [0.29, 0.717) is 47.7 Å². The van der Waals surface area contributed by atoms with Crippen molar-refractivity contribution in [3.8, 4) is 0 Å². The topological polar surface area (TPSA) is 76.6 Å². The molecule has 0 radical (unpaired) electrons. The number of hydrogen-bond acceptors (Lipinski definition) is 6. The molecule has 3 aromatic rings. The van der Waals surface area contributed by atoms with Crippen LogP contribution in [0.4, 0.5) is 5.69 Å². The van der Waals surface area contributed by atoms with E-state index in [0.717, 1.165) is 12.0 Å². The van der Waals surface area contributed by atoms with E-state index in [4.69, 9.17) is 16.3 Å². The molecule has 4 rings (SSSR count). The fourth-order valence-corrected chi connectivity index (χ4v) is 5.74. The van der Waals surface area contributed by atoms with E-state index in [1.165, 1.54) is 6.20 Å². The number of piperidine rings is 1. The molecule has 1 saturated heterocycles. The molecular weight excluding hydrogens is 448 g/mol. The quantitative estimate of drug-likeness (QED) is 0.496. The van der Waals surface area contributed by atoms with Gasteiger partial charge in [0.25, 0.3) is 0 Å². The molecule has 0 unspecified atom stereocenters. The molecule has 2 aromatic carbocycles. The van der Waals surface area contributed by atoms with Gasteiger partial charge in [-0.05, 0) is 57.0 Å². The summed E-state index contributed by atoms with van der Waals surface area (Å²) in [6.45, 7) is 5.00. The lowest BCUT2D eigenvalue weighted by atomic mass is 9.97. The number of halogens is 1. The maximum atomic E-state index is 13.7. The summed E-state index contributed by atoms with van der Waals surface area (Å²) in [6.07, 6.45) is 2.87. The zero-order chi connectivity index (χ0) is 22.9. The number of nitrogens with zero attached hydrogens (tertiary/aromatic N) is 2. The molecule has 1 aliphatic rings. The van der Waals surface area contributed by atoms with Gasteiger partial charge < -0.3 is 9.64 Å². The first-order valence-corrected chi connectivity index (χ1v) is 12.5. The third-order valence-electron chi connectivity index (χ3n) is 5.75. The smallest absolute Gasteiger partial charge is 0.310 e. The lowest BCUT2D eigenvalue weighted by Crippen LogP contribution is -2.40. The summed E-state index contributed by atoms with van der Waals surface area (Å²) in [6, 6.07) is 12.0. The molecule has 8 heteroatoms. The third kappa shape index (κ3) is 4.32. The van der Waals surface area contributed by atoms with Crippen molar-refractivity contribution >= 4 is 44.0 Å². The monoisotopic (exact) mass is 472 g/mol. The van der Waals surface area contributed by atoms with Crippen LogP contribution in [-0.2, 0) is 19.4 Å². The van der Waals surface area contributed by atoms with Gasteiger partial charge in [0.2, 0.25) is 9.84 Å². The van der Waals surface area contributed by atoms with Crippen molar-refractivity contribution in [2.75, 3.05) is 24.6 Å². The molecule has 1 aromatic heterocycles. The van der Waals surface area contributed by atoms with E-state index < -0.39 is 9.84 Å². The summed E-state index contributed by atoms with van der Waals surface area (Å²) < 4.78 is 32.6. The number of esters is 1. The number of ether oxygens (including phenoxy) is 1. The summed E-state index contributed by atoms with van der Waals surface area (Å²) in [4.78, 5) is 19.1. The van der Waals surface area contributed by atoms with Crippen molar-refractivity contribution in [3.05, 3.63) is 59.2 Å². The first-order chi connectivity index (χ1) is 15.3. The van der Waals surface area contributed by atoms with Gasteiger partial charge in [-0.2, -0.15) is 0 Å². The van der Waals surface area contributed by atoms with Crippen LogP contribution in [0.15, 0.2) is 58.5 Å². The second-order valence-corrected chi connectivity index (χ2v) is 10.3. The fraction of sp³-hybridized carbons (Fsp3) is 0.333. The van der Waals surface area contributed by atoms with Gasteiger partial charge in [0.05, 0.1) is 28.6 Å². The van der Waals surface area contributed by atoms with E-state index in [2.05, 4.69) is 4.98 Å². The molecule has 1 atom stereocenters. The first-order valence-electron chi connectivity index (χ1n) is 10.6. The lowest BCUT2D eigenvalue weighted by molar-refractivity contribution is -0.148. The molecule has 0 saturated carbocycles. The second-order valence-electron chi connectivity index (χ2n) is 7.99. The minimum atomic E-state index is -3.85. The highest BCUT2D eigenvalue weighted by atomic mass is 35.5. The van der Waals surface area contributed by atoms with E-state index in [1.807, 2.05) is 11.8 Å². The molecule has 168 valence electrons. The summed E-state index contributed by atoms with van der Waals surface area (Å²) in [5.41, 5.74) is 2.15. The van der Waals surface area contributed by atoms with Crippen LogP contribution in [0.25, 0.3) is 10.9 Å². The third-order valence-corrected chi connectivity index (χ3v) is 7.75. The second kappa shape index (κ2) is 9.08. The Morgan fingerprint density at radius 2 is 1.97 bits per heavy atom. The molecule has 2 heterocycles. The zero-order valence-electron chi connectivity index (χ0n) is 18.0. The Morgan fingerprint density at radius 1 is 1.22 bits per heavy atom. The standard InChI is InChI=1S/C24H25ClN2O4S/c1-3-31-24(28)17-5-4-12-27(15-17)23-20-13-18(25)8-11-21(20)26-14-22(23)32(29,30)19-9-6-16(2)7-10-19/h6-11,13-14,17H,3-5,12,15H2,1-2H3/t17-/m0/s1. The van der Waals surface area contributed by atoms with Crippen LogP contribution in [-0.4, -0.2) is 39.1 Å². The minimum absolute atomic E-state index is 0.112. The number of aryl methyl sites for hydroxylation is 1. The van der Waals surface area contributed by atoms with Gasteiger partial charge in [0, 0.05) is 29.7 Å². The number of carbonyl (C=O) groups is 1. The lowest BCUT2D eigenvalue weighted by Gasteiger charge is -2.35. The Labute approximate surface area is 193 Å². The molecule has 0 bridgehead atoms. The van der Waals surface area contributed by atoms with Gasteiger partial charge in [-0.1, -0.05) is 29.3 Å². The maximum Gasteiger partial charge on any atom is 0.310 e. The maximum absolute atomic E-state index is 13.7. The number of benzene rings is 2. The van der Waals surface area contributed by atoms with Crippen LogP contribution in [0.1, 0.15) is 25.3 Å². The SMILES string of the molecule is CCOC(=O)[C@H]1CCCN(c2c(S(=O)(=O)c3ccc(C)cc3)cnc3ccc(Cl)cc23)C1. The number of anilines is 1. The summed E-state index contributed by atoms with van der Waals surface area (Å²) in [5.74, 6) is -0.572. The predicted octanol–water partition coefficient (Wildman–Crippen LogP) is 4.81. The van der Waals surface area contributed by atoms with Crippen molar-refractivity contribution in [1.29, 1.82) is 0 Å². The Kier molecular flexibility index (Phi) is 6.40. The van der Waals surface area contributed by atoms with Gasteiger partial charge in [-0.3, -0.25) is 9.78 Å². The van der Waals surface area contributed by atoms with Crippen molar-refractivity contribution < 1.29 is 17.9 Å². The molecule has 1 fully saturated rings. The van der Waals surface area contributed by atoms with E-state index >= 15 is 0 Å². The molecule has 1 aliphatic heterocycles. The van der Waals surface area contributed by atoms with Crippen molar-refractivity contribution in [1.82, 2.24) is 4.98 Å². The van der Waals surface area contributed by atoms with E-state index in [9.17, 15) is 13.2 Å². The van der Waals surface area contributed by atoms with Crippen LogP contribution in [0, 0.1) is 12.8 Å². The highest BCUT2D eigenvalue weighted by Gasteiger charge is 2.32. The van der Waals surface area contributed by atoms with Crippen molar-refractivity contribution in [3.63, 3.8) is 0 Å². The molecule has 6 nitrogen and oxygen atoms in total.